The number of amides is 1. The number of nitrogens with zero attached hydrogens (tertiary/aromatic N) is 3. The van der Waals surface area contributed by atoms with E-state index in [0.29, 0.717) is 16.1 Å². The Labute approximate surface area is 174 Å². The van der Waals surface area contributed by atoms with E-state index in [1.54, 1.807) is 10.6 Å². The summed E-state index contributed by atoms with van der Waals surface area (Å²) in [5.41, 5.74) is 2.36. The van der Waals surface area contributed by atoms with Crippen molar-refractivity contribution in [2.75, 3.05) is 18.8 Å². The molecule has 0 spiro atoms. The van der Waals surface area contributed by atoms with Crippen molar-refractivity contribution in [3.63, 3.8) is 0 Å². The highest BCUT2D eigenvalue weighted by molar-refractivity contribution is 7.99. The second-order valence-corrected chi connectivity index (χ2v) is 8.36. The first-order chi connectivity index (χ1) is 14.1. The molecule has 3 aromatic rings. The summed E-state index contributed by atoms with van der Waals surface area (Å²) in [6.45, 7) is 3.64. The standard InChI is InChI=1S/C23H25N3O2S/c1-17-10-4-7-13-20(17)26-22(28)18-11-5-6-12-19(18)24-23(26)29-16-21(27)25-14-8-2-3-9-15-25/h4-7,10-13H,2-3,8-9,14-16H2,1H3. The van der Waals surface area contributed by atoms with Crippen LogP contribution in [-0.2, 0) is 4.79 Å². The number of benzene rings is 2. The lowest BCUT2D eigenvalue weighted by Crippen LogP contribution is -2.33. The van der Waals surface area contributed by atoms with Crippen molar-refractivity contribution < 1.29 is 4.79 Å². The molecule has 2 aromatic carbocycles. The minimum atomic E-state index is -0.102. The third kappa shape index (κ3) is 4.22. The van der Waals surface area contributed by atoms with Crippen LogP contribution in [0.15, 0.2) is 58.5 Å². The number of para-hydroxylation sites is 2. The van der Waals surface area contributed by atoms with Gasteiger partial charge in [-0.05, 0) is 43.5 Å². The normalized spacial score (nSPS) is 14.7. The molecule has 0 saturated carbocycles. The number of hydrogen-bond donors (Lipinski definition) is 0. The number of aromatic nitrogens is 2. The highest BCUT2D eigenvalue weighted by Crippen LogP contribution is 2.24. The summed E-state index contributed by atoms with van der Waals surface area (Å²) in [7, 11) is 0. The minimum Gasteiger partial charge on any atom is -0.342 e. The monoisotopic (exact) mass is 407 g/mol. The Hall–Kier alpha value is -2.60. The lowest BCUT2D eigenvalue weighted by Gasteiger charge is -2.20. The molecule has 1 amide bonds. The first-order valence-corrected chi connectivity index (χ1v) is 11.1. The molecule has 1 fully saturated rings. The van der Waals surface area contributed by atoms with Crippen LogP contribution < -0.4 is 5.56 Å². The summed E-state index contributed by atoms with van der Waals surface area (Å²) >= 11 is 1.35. The van der Waals surface area contributed by atoms with Gasteiger partial charge in [-0.25, -0.2) is 4.98 Å². The highest BCUT2D eigenvalue weighted by atomic mass is 32.2. The predicted octanol–water partition coefficient (Wildman–Crippen LogP) is 4.19. The molecule has 1 saturated heterocycles. The Morgan fingerprint density at radius 1 is 1.00 bits per heavy atom. The Balaban J connectivity index is 1.71. The van der Waals surface area contributed by atoms with Gasteiger partial charge in [0.1, 0.15) is 0 Å². The number of likely N-dealkylation sites (tertiary alicyclic amines) is 1. The smallest absolute Gasteiger partial charge is 0.266 e. The van der Waals surface area contributed by atoms with Gasteiger partial charge in [0, 0.05) is 13.1 Å². The summed E-state index contributed by atoms with van der Waals surface area (Å²) in [4.78, 5) is 32.8. The number of rotatable bonds is 4. The number of thioether (sulfide) groups is 1. The first-order valence-electron chi connectivity index (χ1n) is 10.1. The van der Waals surface area contributed by atoms with Crippen LogP contribution in [0, 0.1) is 6.92 Å². The molecule has 6 heteroatoms. The molecule has 5 nitrogen and oxygen atoms in total. The molecule has 0 bridgehead atoms. The molecular formula is C23H25N3O2S. The number of fused-ring (bicyclic) bond motifs is 1. The fraction of sp³-hybridized carbons (Fsp3) is 0.348. The van der Waals surface area contributed by atoms with E-state index >= 15 is 0 Å². The average molecular weight is 408 g/mol. The summed E-state index contributed by atoms with van der Waals surface area (Å²) < 4.78 is 1.65. The van der Waals surface area contributed by atoms with Crippen molar-refractivity contribution in [2.24, 2.45) is 0 Å². The number of hydrogen-bond acceptors (Lipinski definition) is 4. The molecule has 29 heavy (non-hydrogen) atoms. The largest absolute Gasteiger partial charge is 0.342 e. The van der Waals surface area contributed by atoms with E-state index in [1.165, 1.54) is 24.6 Å². The van der Waals surface area contributed by atoms with Crippen molar-refractivity contribution in [1.29, 1.82) is 0 Å². The molecule has 0 unspecified atom stereocenters. The number of carbonyl (C=O) groups excluding carboxylic acids is 1. The van der Waals surface area contributed by atoms with Gasteiger partial charge in [0.05, 0.1) is 22.3 Å². The number of aryl methyl sites for hydroxylation is 1. The van der Waals surface area contributed by atoms with Crippen molar-refractivity contribution >= 4 is 28.6 Å². The summed E-state index contributed by atoms with van der Waals surface area (Å²) in [5, 5.41) is 1.14. The molecular weight excluding hydrogens is 382 g/mol. The third-order valence-corrected chi connectivity index (χ3v) is 6.31. The van der Waals surface area contributed by atoms with Crippen molar-refractivity contribution in [3.05, 3.63) is 64.4 Å². The fourth-order valence-corrected chi connectivity index (χ4v) is 4.68. The second kappa shape index (κ2) is 8.82. The molecule has 0 aliphatic carbocycles. The molecule has 0 atom stereocenters. The SMILES string of the molecule is Cc1ccccc1-n1c(SCC(=O)N2CCCCCC2)nc2ccccc2c1=O. The molecule has 2 heterocycles. The van der Waals surface area contributed by atoms with Crippen LogP contribution in [0.25, 0.3) is 16.6 Å². The zero-order valence-corrected chi connectivity index (χ0v) is 17.5. The minimum absolute atomic E-state index is 0.102. The summed E-state index contributed by atoms with van der Waals surface area (Å²) in [6.07, 6.45) is 4.52. The maximum atomic E-state index is 13.3. The maximum absolute atomic E-state index is 13.3. The van der Waals surface area contributed by atoms with Gasteiger partial charge in [-0.3, -0.25) is 14.2 Å². The zero-order chi connectivity index (χ0) is 20.2. The van der Waals surface area contributed by atoms with Crippen LogP contribution in [0.4, 0.5) is 0 Å². The van der Waals surface area contributed by atoms with Crippen LogP contribution in [0.5, 0.6) is 0 Å². The molecule has 0 radical (unpaired) electrons. The Morgan fingerprint density at radius 3 is 2.45 bits per heavy atom. The lowest BCUT2D eigenvalue weighted by molar-refractivity contribution is -0.128. The van der Waals surface area contributed by atoms with Gasteiger partial charge >= 0.3 is 0 Å². The van der Waals surface area contributed by atoms with E-state index in [2.05, 4.69) is 0 Å². The zero-order valence-electron chi connectivity index (χ0n) is 16.6. The van der Waals surface area contributed by atoms with Crippen molar-refractivity contribution in [3.8, 4) is 5.69 Å². The molecule has 1 aliphatic rings. The summed E-state index contributed by atoms with van der Waals surface area (Å²) in [6, 6.07) is 15.2. The van der Waals surface area contributed by atoms with Gasteiger partial charge in [0.25, 0.3) is 5.56 Å². The maximum Gasteiger partial charge on any atom is 0.266 e. The van der Waals surface area contributed by atoms with E-state index in [1.807, 2.05) is 54.3 Å². The van der Waals surface area contributed by atoms with Gasteiger partial charge in [0.15, 0.2) is 5.16 Å². The van der Waals surface area contributed by atoms with Gasteiger partial charge in [0.2, 0.25) is 5.91 Å². The average Bonchev–Trinajstić information content (AvgIpc) is 3.03. The molecule has 4 rings (SSSR count). The highest BCUT2D eigenvalue weighted by Gasteiger charge is 2.19. The lowest BCUT2D eigenvalue weighted by atomic mass is 10.2. The Bertz CT molecular complexity index is 1080. The van der Waals surface area contributed by atoms with E-state index in [9.17, 15) is 9.59 Å². The van der Waals surface area contributed by atoms with Crippen LogP contribution in [0.2, 0.25) is 0 Å². The van der Waals surface area contributed by atoms with Crippen molar-refractivity contribution in [1.82, 2.24) is 14.5 Å². The predicted molar refractivity (Wildman–Crippen MR) is 118 cm³/mol. The Kier molecular flexibility index (Phi) is 6.00. The van der Waals surface area contributed by atoms with Crippen LogP contribution >= 0.6 is 11.8 Å². The van der Waals surface area contributed by atoms with E-state index in [0.717, 1.165) is 37.2 Å². The third-order valence-electron chi connectivity index (χ3n) is 5.38. The van der Waals surface area contributed by atoms with Gasteiger partial charge in [-0.1, -0.05) is 54.9 Å². The number of carbonyl (C=O) groups is 1. The van der Waals surface area contributed by atoms with Crippen LogP contribution in [0.3, 0.4) is 0 Å². The fourth-order valence-electron chi connectivity index (χ4n) is 3.77. The van der Waals surface area contributed by atoms with Crippen LogP contribution in [0.1, 0.15) is 31.2 Å². The van der Waals surface area contributed by atoms with Gasteiger partial charge < -0.3 is 4.90 Å². The Morgan fingerprint density at radius 2 is 1.69 bits per heavy atom. The van der Waals surface area contributed by atoms with E-state index < -0.39 is 0 Å². The van der Waals surface area contributed by atoms with Gasteiger partial charge in [-0.2, -0.15) is 0 Å². The summed E-state index contributed by atoms with van der Waals surface area (Å²) in [5.74, 6) is 0.409. The molecule has 0 N–H and O–H groups in total. The van der Waals surface area contributed by atoms with Crippen LogP contribution in [-0.4, -0.2) is 39.2 Å². The first kappa shape index (κ1) is 19.7. The van der Waals surface area contributed by atoms with Crippen molar-refractivity contribution in [2.45, 2.75) is 37.8 Å². The molecule has 1 aliphatic heterocycles. The van der Waals surface area contributed by atoms with E-state index in [-0.39, 0.29) is 17.2 Å². The van der Waals surface area contributed by atoms with Gasteiger partial charge in [-0.15, -0.1) is 0 Å². The van der Waals surface area contributed by atoms with E-state index in [4.69, 9.17) is 4.98 Å². The molecule has 1 aromatic heterocycles. The topological polar surface area (TPSA) is 55.2 Å². The molecule has 150 valence electrons. The second-order valence-electron chi connectivity index (χ2n) is 7.42. The quantitative estimate of drug-likeness (QED) is 0.481.